The Morgan fingerprint density at radius 2 is 2.11 bits per heavy atom. The molecule has 0 aliphatic heterocycles. The van der Waals surface area contributed by atoms with Crippen molar-refractivity contribution in [1.29, 1.82) is 0 Å². The molecule has 1 rings (SSSR count). The van der Waals surface area contributed by atoms with Crippen molar-refractivity contribution in [3.8, 4) is 0 Å². The third-order valence-electron chi connectivity index (χ3n) is 2.33. The van der Waals surface area contributed by atoms with E-state index in [0.29, 0.717) is 10.9 Å². The van der Waals surface area contributed by atoms with Gasteiger partial charge in [-0.2, -0.15) is 0 Å². The van der Waals surface area contributed by atoms with Crippen LogP contribution >= 0.6 is 15.9 Å². The van der Waals surface area contributed by atoms with Gasteiger partial charge < -0.3 is 15.7 Å². The second-order valence-electron chi connectivity index (χ2n) is 3.97. The molecule has 0 aliphatic carbocycles. The van der Waals surface area contributed by atoms with Crippen LogP contribution in [-0.2, 0) is 9.59 Å². The maximum Gasteiger partial charge on any atom is 0.313 e. The Bertz CT molecular complexity index is 482. The van der Waals surface area contributed by atoms with E-state index in [4.69, 9.17) is 5.11 Å². The highest BCUT2D eigenvalue weighted by Crippen LogP contribution is 2.19. The molecule has 0 heterocycles. The van der Waals surface area contributed by atoms with Crippen LogP contribution < -0.4 is 10.6 Å². The van der Waals surface area contributed by atoms with Crippen molar-refractivity contribution in [2.75, 3.05) is 11.9 Å². The number of rotatable bonds is 4. The Hall–Kier alpha value is -1.47. The van der Waals surface area contributed by atoms with Crippen molar-refractivity contribution in [2.45, 2.75) is 19.4 Å². The minimum Gasteiger partial charge on any atom is -0.396 e. The van der Waals surface area contributed by atoms with Crippen molar-refractivity contribution in [3.63, 3.8) is 0 Å². The van der Waals surface area contributed by atoms with Crippen LogP contribution in [0, 0.1) is 5.82 Å². The summed E-state index contributed by atoms with van der Waals surface area (Å²) in [6.45, 7) is 1.56. The quantitative estimate of drug-likeness (QED) is 0.729. The van der Waals surface area contributed by atoms with Crippen LogP contribution in [0.2, 0.25) is 0 Å². The first kappa shape index (κ1) is 15.6. The zero-order valence-corrected chi connectivity index (χ0v) is 11.8. The van der Waals surface area contributed by atoms with Gasteiger partial charge in [-0.1, -0.05) is 15.9 Å². The van der Waals surface area contributed by atoms with Gasteiger partial charge in [0.1, 0.15) is 5.82 Å². The van der Waals surface area contributed by atoms with Gasteiger partial charge in [0.05, 0.1) is 5.69 Å². The Labute approximate surface area is 118 Å². The maximum atomic E-state index is 13.4. The number of nitrogens with one attached hydrogen (secondary N) is 2. The van der Waals surface area contributed by atoms with Gasteiger partial charge in [-0.25, -0.2) is 4.39 Å². The molecular formula is C12H14BrFN2O3. The standard InChI is InChI=1S/C12H14BrFN2O3/c1-7(4-5-17)15-11(18)12(19)16-10-3-2-8(13)6-9(10)14/h2-3,6-7,17H,4-5H2,1H3,(H,15,18)(H,16,19)/t7-/m1/s1. The average Bonchev–Trinajstić information content (AvgIpc) is 2.32. The predicted octanol–water partition coefficient (Wildman–Crippen LogP) is 1.41. The lowest BCUT2D eigenvalue weighted by Gasteiger charge is -2.12. The van der Waals surface area contributed by atoms with E-state index < -0.39 is 17.6 Å². The molecular weight excluding hydrogens is 319 g/mol. The van der Waals surface area contributed by atoms with E-state index in [0.717, 1.165) is 0 Å². The SMILES string of the molecule is C[C@H](CCO)NC(=O)C(=O)Nc1ccc(Br)cc1F. The van der Waals surface area contributed by atoms with Gasteiger partial charge in [0.15, 0.2) is 0 Å². The van der Waals surface area contributed by atoms with Gasteiger partial charge in [0, 0.05) is 17.1 Å². The topological polar surface area (TPSA) is 78.4 Å². The lowest BCUT2D eigenvalue weighted by Crippen LogP contribution is -2.41. The largest absolute Gasteiger partial charge is 0.396 e. The fourth-order valence-electron chi connectivity index (χ4n) is 1.33. The molecule has 1 aromatic carbocycles. The number of aliphatic hydroxyl groups is 1. The monoisotopic (exact) mass is 332 g/mol. The van der Waals surface area contributed by atoms with Crippen molar-refractivity contribution in [2.24, 2.45) is 0 Å². The molecule has 3 N–H and O–H groups in total. The first-order valence-electron chi connectivity index (χ1n) is 5.61. The molecule has 1 atom stereocenters. The van der Waals surface area contributed by atoms with Crippen LogP contribution in [0.1, 0.15) is 13.3 Å². The molecule has 0 unspecified atom stereocenters. The van der Waals surface area contributed by atoms with Crippen LogP contribution in [0.4, 0.5) is 10.1 Å². The fraction of sp³-hybridized carbons (Fsp3) is 0.333. The number of amides is 2. The molecule has 104 valence electrons. The fourth-order valence-corrected chi connectivity index (χ4v) is 1.66. The zero-order valence-electron chi connectivity index (χ0n) is 10.2. The molecule has 1 aromatic rings. The summed E-state index contributed by atoms with van der Waals surface area (Å²) in [6, 6.07) is 3.74. The van der Waals surface area contributed by atoms with Crippen molar-refractivity contribution in [3.05, 3.63) is 28.5 Å². The number of carbonyl (C=O) groups is 2. The van der Waals surface area contributed by atoms with Crippen LogP contribution in [0.3, 0.4) is 0 Å². The average molecular weight is 333 g/mol. The molecule has 0 radical (unpaired) electrons. The maximum absolute atomic E-state index is 13.4. The molecule has 0 bridgehead atoms. The lowest BCUT2D eigenvalue weighted by molar-refractivity contribution is -0.136. The van der Waals surface area contributed by atoms with E-state index in [1.54, 1.807) is 13.0 Å². The highest BCUT2D eigenvalue weighted by Gasteiger charge is 2.17. The number of anilines is 1. The van der Waals surface area contributed by atoms with Gasteiger partial charge in [-0.15, -0.1) is 0 Å². The van der Waals surface area contributed by atoms with Crippen LogP contribution in [0.5, 0.6) is 0 Å². The Morgan fingerprint density at radius 3 is 2.68 bits per heavy atom. The summed E-state index contributed by atoms with van der Waals surface area (Å²) in [4.78, 5) is 23.0. The summed E-state index contributed by atoms with van der Waals surface area (Å²) in [6.07, 6.45) is 0.339. The zero-order chi connectivity index (χ0) is 14.4. The summed E-state index contributed by atoms with van der Waals surface area (Å²) in [5.74, 6) is -2.46. The number of carbonyl (C=O) groups excluding carboxylic acids is 2. The molecule has 2 amide bonds. The van der Waals surface area contributed by atoms with Crippen molar-refractivity contribution in [1.82, 2.24) is 5.32 Å². The number of halogens is 2. The highest BCUT2D eigenvalue weighted by molar-refractivity contribution is 9.10. The summed E-state index contributed by atoms with van der Waals surface area (Å²) in [7, 11) is 0. The smallest absolute Gasteiger partial charge is 0.313 e. The van der Waals surface area contributed by atoms with Gasteiger partial charge in [0.25, 0.3) is 0 Å². The molecule has 0 saturated heterocycles. The third-order valence-corrected chi connectivity index (χ3v) is 2.82. The Balaban J connectivity index is 2.61. The molecule has 7 heteroatoms. The number of hydrogen-bond acceptors (Lipinski definition) is 3. The van der Waals surface area contributed by atoms with Gasteiger partial charge in [0.2, 0.25) is 0 Å². The molecule has 0 aromatic heterocycles. The molecule has 19 heavy (non-hydrogen) atoms. The molecule has 0 fully saturated rings. The summed E-state index contributed by atoms with van der Waals surface area (Å²) in [5, 5.41) is 13.2. The second kappa shape index (κ2) is 7.20. The third kappa shape index (κ3) is 4.96. The van der Waals surface area contributed by atoms with E-state index >= 15 is 0 Å². The first-order valence-corrected chi connectivity index (χ1v) is 6.41. The van der Waals surface area contributed by atoms with Crippen LogP contribution in [-0.4, -0.2) is 29.6 Å². The van der Waals surface area contributed by atoms with E-state index in [2.05, 4.69) is 26.6 Å². The van der Waals surface area contributed by atoms with E-state index in [1.807, 2.05) is 0 Å². The molecule has 0 aliphatic rings. The van der Waals surface area contributed by atoms with Crippen molar-refractivity contribution < 1.29 is 19.1 Å². The lowest BCUT2D eigenvalue weighted by atomic mass is 10.2. The van der Waals surface area contributed by atoms with Crippen LogP contribution in [0.25, 0.3) is 0 Å². The van der Waals surface area contributed by atoms with Gasteiger partial charge in [-0.05, 0) is 31.5 Å². The number of benzene rings is 1. The number of aliphatic hydroxyl groups excluding tert-OH is 1. The van der Waals surface area contributed by atoms with E-state index in [1.165, 1.54) is 12.1 Å². The molecule has 0 saturated carbocycles. The van der Waals surface area contributed by atoms with Gasteiger partial charge in [-0.3, -0.25) is 9.59 Å². The minimum absolute atomic E-state index is 0.0711. The molecule has 0 spiro atoms. The Morgan fingerprint density at radius 1 is 1.42 bits per heavy atom. The van der Waals surface area contributed by atoms with Gasteiger partial charge >= 0.3 is 11.8 Å². The molecule has 5 nitrogen and oxygen atoms in total. The first-order chi connectivity index (χ1) is 8.93. The predicted molar refractivity (Wildman–Crippen MR) is 72.0 cm³/mol. The highest BCUT2D eigenvalue weighted by atomic mass is 79.9. The summed E-state index contributed by atoms with van der Waals surface area (Å²) >= 11 is 3.09. The normalized spacial score (nSPS) is 11.8. The summed E-state index contributed by atoms with van der Waals surface area (Å²) < 4.78 is 14.0. The second-order valence-corrected chi connectivity index (χ2v) is 4.88. The van der Waals surface area contributed by atoms with E-state index in [-0.39, 0.29) is 18.3 Å². The minimum atomic E-state index is -0.953. The van der Waals surface area contributed by atoms with Crippen molar-refractivity contribution >= 4 is 33.4 Å². The van der Waals surface area contributed by atoms with E-state index in [9.17, 15) is 14.0 Å². The van der Waals surface area contributed by atoms with Crippen LogP contribution in [0.15, 0.2) is 22.7 Å². The summed E-state index contributed by atoms with van der Waals surface area (Å²) in [5.41, 5.74) is -0.0711. The Kier molecular flexibility index (Phi) is 5.91. The number of hydrogen-bond donors (Lipinski definition) is 3.